The Balaban J connectivity index is 1.83. The summed E-state index contributed by atoms with van der Waals surface area (Å²) in [7, 11) is 0. The third-order valence-electron chi connectivity index (χ3n) is 4.13. The van der Waals surface area contributed by atoms with Crippen molar-refractivity contribution in [2.45, 2.75) is 45.4 Å². The molecule has 27 heavy (non-hydrogen) atoms. The third-order valence-corrected chi connectivity index (χ3v) is 4.13. The van der Waals surface area contributed by atoms with Crippen molar-refractivity contribution in [3.8, 4) is 11.4 Å². The Kier molecular flexibility index (Phi) is 7.66. The summed E-state index contributed by atoms with van der Waals surface area (Å²) in [6.45, 7) is 2.21. The highest BCUT2D eigenvalue weighted by Crippen LogP contribution is 2.12. The van der Waals surface area contributed by atoms with E-state index in [1.54, 1.807) is 31.5 Å². The van der Waals surface area contributed by atoms with Gasteiger partial charge in [-0.25, -0.2) is 4.98 Å². The zero-order valence-corrected chi connectivity index (χ0v) is 15.3. The molecule has 1 amide bonds. The molecule has 2 heterocycles. The summed E-state index contributed by atoms with van der Waals surface area (Å²) in [6, 6.07) is 3.56. The highest BCUT2D eigenvalue weighted by molar-refractivity contribution is 5.78. The zero-order chi connectivity index (χ0) is 19.6. The van der Waals surface area contributed by atoms with Gasteiger partial charge in [-0.3, -0.25) is 19.4 Å². The second-order valence-corrected chi connectivity index (χ2v) is 6.30. The number of pyridine rings is 1. The highest BCUT2D eigenvalue weighted by atomic mass is 16.4. The number of rotatable bonds is 10. The van der Waals surface area contributed by atoms with E-state index < -0.39 is 5.97 Å². The van der Waals surface area contributed by atoms with Crippen molar-refractivity contribution in [2.24, 2.45) is 0 Å². The lowest BCUT2D eigenvalue weighted by atomic mass is 10.1. The molecule has 2 aromatic heterocycles. The van der Waals surface area contributed by atoms with Crippen molar-refractivity contribution in [3.05, 3.63) is 46.1 Å². The smallest absolute Gasteiger partial charge is 0.303 e. The molecule has 0 spiro atoms. The van der Waals surface area contributed by atoms with Crippen LogP contribution in [0.3, 0.4) is 0 Å². The molecule has 0 atom stereocenters. The lowest BCUT2D eigenvalue weighted by Crippen LogP contribution is -2.29. The van der Waals surface area contributed by atoms with Crippen LogP contribution in [0.1, 0.15) is 43.4 Å². The summed E-state index contributed by atoms with van der Waals surface area (Å²) in [5.74, 6) is -0.590. The molecule has 0 bridgehead atoms. The van der Waals surface area contributed by atoms with Crippen molar-refractivity contribution in [1.29, 1.82) is 0 Å². The number of amides is 1. The van der Waals surface area contributed by atoms with Crippen molar-refractivity contribution < 1.29 is 14.7 Å². The molecule has 144 valence electrons. The van der Waals surface area contributed by atoms with Crippen LogP contribution in [0.4, 0.5) is 0 Å². The SMILES string of the molecule is Cc1nc(-c2cccnc2)[nH]c(=O)c1CC(=O)NCCCCCCC(=O)O. The fourth-order valence-electron chi connectivity index (χ4n) is 2.66. The summed E-state index contributed by atoms with van der Waals surface area (Å²) >= 11 is 0. The number of aliphatic carboxylic acids is 1. The van der Waals surface area contributed by atoms with Crippen molar-refractivity contribution >= 4 is 11.9 Å². The molecule has 0 aliphatic rings. The van der Waals surface area contributed by atoms with Gasteiger partial charge in [-0.2, -0.15) is 0 Å². The number of aryl methyl sites for hydroxylation is 1. The molecule has 8 heteroatoms. The molecular formula is C19H24N4O4. The average Bonchev–Trinajstić information content (AvgIpc) is 2.64. The Hall–Kier alpha value is -3.03. The first-order chi connectivity index (χ1) is 13.0. The van der Waals surface area contributed by atoms with Crippen LogP contribution in [0.5, 0.6) is 0 Å². The fraction of sp³-hybridized carbons (Fsp3) is 0.421. The second kappa shape index (κ2) is 10.2. The van der Waals surface area contributed by atoms with E-state index in [1.807, 2.05) is 0 Å². The molecule has 0 radical (unpaired) electrons. The van der Waals surface area contributed by atoms with Gasteiger partial charge in [0.1, 0.15) is 5.82 Å². The largest absolute Gasteiger partial charge is 0.481 e. The number of hydrogen-bond acceptors (Lipinski definition) is 5. The first-order valence-electron chi connectivity index (χ1n) is 8.96. The van der Waals surface area contributed by atoms with Gasteiger partial charge < -0.3 is 15.4 Å². The van der Waals surface area contributed by atoms with Gasteiger partial charge >= 0.3 is 5.97 Å². The number of carbonyl (C=O) groups excluding carboxylic acids is 1. The van der Waals surface area contributed by atoms with E-state index in [-0.39, 0.29) is 24.3 Å². The van der Waals surface area contributed by atoms with E-state index in [0.29, 0.717) is 35.6 Å². The molecule has 2 aromatic rings. The predicted octanol–water partition coefficient (Wildman–Crippen LogP) is 1.83. The van der Waals surface area contributed by atoms with Crippen molar-refractivity contribution in [2.75, 3.05) is 6.54 Å². The van der Waals surface area contributed by atoms with E-state index in [1.165, 1.54) is 0 Å². The lowest BCUT2D eigenvalue weighted by molar-refractivity contribution is -0.137. The Labute approximate surface area is 157 Å². The zero-order valence-electron chi connectivity index (χ0n) is 15.3. The standard InChI is InChI=1S/C19H24N4O4/c1-13-15(11-16(24)21-10-5-3-2-4-8-17(25)26)19(27)23-18(22-13)14-7-6-9-20-12-14/h6-7,9,12H,2-5,8,10-11H2,1H3,(H,21,24)(H,25,26)(H,22,23,27). The van der Waals surface area contributed by atoms with E-state index in [4.69, 9.17) is 5.11 Å². The number of aromatic nitrogens is 3. The minimum Gasteiger partial charge on any atom is -0.481 e. The van der Waals surface area contributed by atoms with Crippen LogP contribution >= 0.6 is 0 Å². The van der Waals surface area contributed by atoms with Crippen LogP contribution in [-0.2, 0) is 16.0 Å². The fourth-order valence-corrected chi connectivity index (χ4v) is 2.66. The maximum atomic E-state index is 12.3. The number of aromatic amines is 1. The highest BCUT2D eigenvalue weighted by Gasteiger charge is 2.13. The molecule has 0 saturated carbocycles. The first kappa shape index (κ1) is 20.3. The normalized spacial score (nSPS) is 10.6. The van der Waals surface area contributed by atoms with Gasteiger partial charge in [0.2, 0.25) is 5.91 Å². The van der Waals surface area contributed by atoms with Gasteiger partial charge in [0.25, 0.3) is 5.56 Å². The molecule has 0 aromatic carbocycles. The third kappa shape index (κ3) is 6.65. The Morgan fingerprint density at radius 3 is 2.67 bits per heavy atom. The molecule has 0 saturated heterocycles. The maximum Gasteiger partial charge on any atom is 0.303 e. The topological polar surface area (TPSA) is 125 Å². The van der Waals surface area contributed by atoms with Crippen molar-refractivity contribution in [1.82, 2.24) is 20.3 Å². The summed E-state index contributed by atoms with van der Waals surface area (Å²) in [5.41, 5.74) is 1.24. The van der Waals surface area contributed by atoms with Gasteiger partial charge in [-0.15, -0.1) is 0 Å². The number of nitrogens with one attached hydrogen (secondary N) is 2. The molecular weight excluding hydrogens is 348 g/mol. The Morgan fingerprint density at radius 2 is 2.00 bits per heavy atom. The van der Waals surface area contributed by atoms with E-state index in [9.17, 15) is 14.4 Å². The van der Waals surface area contributed by atoms with Gasteiger partial charge in [0.05, 0.1) is 6.42 Å². The number of H-pyrrole nitrogens is 1. The van der Waals surface area contributed by atoms with Gasteiger partial charge in [-0.05, 0) is 31.9 Å². The van der Waals surface area contributed by atoms with Crippen LogP contribution in [0.15, 0.2) is 29.3 Å². The van der Waals surface area contributed by atoms with Gasteiger partial charge in [0.15, 0.2) is 0 Å². The van der Waals surface area contributed by atoms with E-state index in [0.717, 1.165) is 19.3 Å². The van der Waals surface area contributed by atoms with Gasteiger partial charge in [0, 0.05) is 42.2 Å². The van der Waals surface area contributed by atoms with Crippen LogP contribution in [0.2, 0.25) is 0 Å². The minimum absolute atomic E-state index is 0.0273. The molecule has 0 aliphatic heterocycles. The van der Waals surface area contributed by atoms with Crippen LogP contribution < -0.4 is 10.9 Å². The van der Waals surface area contributed by atoms with Crippen LogP contribution in [0, 0.1) is 6.92 Å². The second-order valence-electron chi connectivity index (χ2n) is 6.30. The van der Waals surface area contributed by atoms with Crippen molar-refractivity contribution in [3.63, 3.8) is 0 Å². The number of carbonyl (C=O) groups is 2. The summed E-state index contributed by atoms with van der Waals surface area (Å²) < 4.78 is 0. The van der Waals surface area contributed by atoms with Crippen LogP contribution in [0.25, 0.3) is 11.4 Å². The summed E-state index contributed by atoms with van der Waals surface area (Å²) in [5, 5.41) is 11.3. The van der Waals surface area contributed by atoms with Gasteiger partial charge in [-0.1, -0.05) is 12.8 Å². The molecule has 8 nitrogen and oxygen atoms in total. The number of hydrogen-bond donors (Lipinski definition) is 3. The monoisotopic (exact) mass is 372 g/mol. The minimum atomic E-state index is -0.785. The predicted molar refractivity (Wildman–Crippen MR) is 100 cm³/mol. The number of nitrogens with zero attached hydrogens (tertiary/aromatic N) is 2. The van der Waals surface area contributed by atoms with E-state index >= 15 is 0 Å². The average molecular weight is 372 g/mol. The number of carboxylic acid groups (broad SMARTS) is 1. The molecule has 0 unspecified atom stereocenters. The quantitative estimate of drug-likeness (QED) is 0.547. The molecule has 0 fully saturated rings. The first-order valence-corrected chi connectivity index (χ1v) is 8.96. The lowest BCUT2D eigenvalue weighted by Gasteiger charge is -2.08. The summed E-state index contributed by atoms with van der Waals surface area (Å²) in [6.07, 6.45) is 6.50. The molecule has 2 rings (SSSR count). The number of unbranched alkanes of at least 4 members (excludes halogenated alkanes) is 3. The molecule has 3 N–H and O–H groups in total. The van der Waals surface area contributed by atoms with E-state index in [2.05, 4.69) is 20.3 Å². The molecule has 0 aliphatic carbocycles. The summed E-state index contributed by atoms with van der Waals surface area (Å²) in [4.78, 5) is 45.9. The Bertz CT molecular complexity index is 833. The maximum absolute atomic E-state index is 12.3. The Morgan fingerprint density at radius 1 is 1.22 bits per heavy atom. The number of carboxylic acids is 1. The van der Waals surface area contributed by atoms with Crippen LogP contribution in [-0.4, -0.2) is 38.5 Å².